The molecule has 0 radical (unpaired) electrons. The zero-order valence-corrected chi connectivity index (χ0v) is 23.0. The van der Waals surface area contributed by atoms with E-state index in [1.54, 1.807) is 0 Å². The Balaban J connectivity index is 1.32. The van der Waals surface area contributed by atoms with Gasteiger partial charge in [-0.05, 0) is 47.9 Å². The molecule has 224 valence electrons. The second-order valence-corrected chi connectivity index (χ2v) is 12.2. The fourth-order valence-electron chi connectivity index (χ4n) is 5.47. The van der Waals surface area contributed by atoms with Crippen LogP contribution in [0.5, 0.6) is 5.88 Å². The molecule has 2 aliphatic heterocycles. The third-order valence-corrected chi connectivity index (χ3v) is 8.71. The highest BCUT2D eigenvalue weighted by Crippen LogP contribution is 2.41. The number of anilines is 2. The number of carboxylic acids is 1. The summed E-state index contributed by atoms with van der Waals surface area (Å²) >= 11 is 0. The topological polar surface area (TPSA) is 174 Å². The van der Waals surface area contributed by atoms with E-state index in [0.29, 0.717) is 55.8 Å². The van der Waals surface area contributed by atoms with Crippen molar-refractivity contribution in [3.8, 4) is 17.0 Å². The molecule has 11 nitrogen and oxygen atoms in total. The molecule has 1 aromatic heterocycles. The van der Waals surface area contributed by atoms with Gasteiger partial charge in [-0.2, -0.15) is 23.1 Å². The number of nitrogens with zero attached hydrogens (tertiary/aromatic N) is 3. The van der Waals surface area contributed by atoms with Crippen molar-refractivity contribution in [1.82, 2.24) is 15.3 Å². The number of nitrogens with two attached hydrogens (primary N) is 2. The molecular formula is C27H29F3N6O5S. The Bertz CT molecular complexity index is 1560. The lowest BCUT2D eigenvalue weighted by molar-refractivity contribution is -0.198. The van der Waals surface area contributed by atoms with E-state index in [9.17, 15) is 31.5 Å². The van der Waals surface area contributed by atoms with Gasteiger partial charge in [-0.3, -0.25) is 4.79 Å². The number of nitrogen functional groups attached to an aromatic ring is 1. The normalized spacial score (nSPS) is 19.5. The van der Waals surface area contributed by atoms with E-state index >= 15 is 0 Å². The van der Waals surface area contributed by atoms with Gasteiger partial charge in [0, 0.05) is 31.3 Å². The summed E-state index contributed by atoms with van der Waals surface area (Å²) in [5, 5.41) is 17.5. The summed E-state index contributed by atoms with van der Waals surface area (Å²) in [7, 11) is -3.88. The van der Waals surface area contributed by atoms with Crippen LogP contribution in [0.3, 0.4) is 0 Å². The van der Waals surface area contributed by atoms with Crippen LogP contribution in [-0.2, 0) is 14.8 Å². The van der Waals surface area contributed by atoms with Gasteiger partial charge in [0.2, 0.25) is 28.0 Å². The van der Waals surface area contributed by atoms with Gasteiger partial charge in [0.25, 0.3) is 0 Å². The first-order valence-corrected chi connectivity index (χ1v) is 14.6. The highest BCUT2D eigenvalue weighted by Gasteiger charge is 2.45. The Labute approximate surface area is 239 Å². The van der Waals surface area contributed by atoms with E-state index < -0.39 is 34.3 Å². The minimum atomic E-state index is -4.79. The molecule has 3 heterocycles. The number of carboxylic acid groups (broad SMARTS) is 1. The van der Waals surface area contributed by atoms with Crippen molar-refractivity contribution in [2.45, 2.75) is 42.5 Å². The van der Waals surface area contributed by atoms with Gasteiger partial charge in [0.1, 0.15) is 11.9 Å². The number of piperidine rings is 1. The summed E-state index contributed by atoms with van der Waals surface area (Å²) in [6.45, 7) is 1.63. The van der Waals surface area contributed by atoms with E-state index in [2.05, 4.69) is 15.3 Å². The van der Waals surface area contributed by atoms with Crippen LogP contribution in [0.15, 0.2) is 59.5 Å². The standard InChI is InChI=1S/C27H29F3N6O5S/c28-27(29,30)23(18-3-1-16(2-4-18)17-5-7-19(8-6-17)42(32,39)40)41-22-13-21(34-25(31)35-22)36-11-9-26(10-12-36)14-20(24(37)38)33-15-26/h1-8,13,20,23,33H,9-12,14-15H2,(H,37,38)(H2,31,34,35)(H2,32,39,40)/t20-,23+/m0/s1. The molecule has 2 aromatic carbocycles. The monoisotopic (exact) mass is 606 g/mol. The third-order valence-electron chi connectivity index (χ3n) is 7.78. The van der Waals surface area contributed by atoms with Crippen LogP contribution in [0.2, 0.25) is 0 Å². The van der Waals surface area contributed by atoms with E-state index in [1.807, 2.05) is 4.90 Å². The zero-order chi connectivity index (χ0) is 30.3. The van der Waals surface area contributed by atoms with E-state index in [4.69, 9.17) is 15.6 Å². The van der Waals surface area contributed by atoms with Crippen molar-refractivity contribution in [3.63, 3.8) is 0 Å². The number of aromatic nitrogens is 2. The highest BCUT2D eigenvalue weighted by atomic mass is 32.2. The fraction of sp³-hybridized carbons (Fsp3) is 0.370. The number of sulfonamides is 1. The van der Waals surface area contributed by atoms with Crippen LogP contribution < -0.4 is 25.8 Å². The number of rotatable bonds is 7. The molecule has 1 spiro atoms. The molecule has 0 aliphatic carbocycles. The minimum Gasteiger partial charge on any atom is -0.480 e. The predicted molar refractivity (Wildman–Crippen MR) is 147 cm³/mol. The van der Waals surface area contributed by atoms with Crippen molar-refractivity contribution >= 4 is 27.8 Å². The Morgan fingerprint density at radius 1 is 1.07 bits per heavy atom. The molecule has 3 aromatic rings. The van der Waals surface area contributed by atoms with Crippen molar-refractivity contribution in [2.75, 3.05) is 30.3 Å². The molecule has 15 heteroatoms. The summed E-state index contributed by atoms with van der Waals surface area (Å²) in [5.74, 6) is -1.13. The van der Waals surface area contributed by atoms with Gasteiger partial charge < -0.3 is 25.8 Å². The summed E-state index contributed by atoms with van der Waals surface area (Å²) in [6.07, 6.45) is -5.24. The average molecular weight is 607 g/mol. The molecule has 0 bridgehead atoms. The minimum absolute atomic E-state index is 0.0803. The van der Waals surface area contributed by atoms with Gasteiger partial charge in [0.15, 0.2) is 0 Å². The number of aliphatic carboxylic acids is 1. The number of alkyl halides is 3. The van der Waals surface area contributed by atoms with E-state index in [-0.39, 0.29) is 27.7 Å². The number of ether oxygens (including phenoxy) is 1. The van der Waals surface area contributed by atoms with Crippen LogP contribution >= 0.6 is 0 Å². The van der Waals surface area contributed by atoms with Crippen LogP contribution in [0.1, 0.15) is 30.9 Å². The smallest absolute Gasteiger partial charge is 0.429 e. The number of nitrogens with one attached hydrogen (secondary N) is 1. The number of benzene rings is 2. The second kappa shape index (κ2) is 11.0. The maximum Gasteiger partial charge on any atom is 0.429 e. The summed E-state index contributed by atoms with van der Waals surface area (Å²) < 4.78 is 70.8. The van der Waals surface area contributed by atoms with Crippen molar-refractivity contribution in [3.05, 3.63) is 60.2 Å². The van der Waals surface area contributed by atoms with Crippen LogP contribution in [-0.4, -0.2) is 61.3 Å². The summed E-state index contributed by atoms with van der Waals surface area (Å²) in [4.78, 5) is 21.2. The number of hydrogen-bond donors (Lipinski definition) is 4. The van der Waals surface area contributed by atoms with Crippen LogP contribution in [0.4, 0.5) is 24.9 Å². The molecule has 0 saturated carbocycles. The van der Waals surface area contributed by atoms with Crippen molar-refractivity contribution in [2.24, 2.45) is 10.6 Å². The van der Waals surface area contributed by atoms with Gasteiger partial charge in [-0.15, -0.1) is 0 Å². The molecule has 42 heavy (non-hydrogen) atoms. The lowest BCUT2D eigenvalue weighted by atomic mass is 9.76. The number of primary sulfonamides is 1. The molecule has 0 amide bonds. The fourth-order valence-corrected chi connectivity index (χ4v) is 5.98. The second-order valence-electron chi connectivity index (χ2n) is 10.6. The van der Waals surface area contributed by atoms with Crippen molar-refractivity contribution in [1.29, 1.82) is 0 Å². The maximum atomic E-state index is 14.2. The van der Waals surface area contributed by atoms with Gasteiger partial charge in [0.05, 0.1) is 4.90 Å². The van der Waals surface area contributed by atoms with Gasteiger partial charge in [-0.1, -0.05) is 36.4 Å². The Morgan fingerprint density at radius 3 is 2.19 bits per heavy atom. The number of halogens is 3. The SMILES string of the molecule is Nc1nc(O[C@H](c2ccc(-c3ccc(S(N)(=O)=O)cc3)cc2)C(F)(F)F)cc(N2CCC3(CC2)CN[C@H](C(=O)O)C3)n1. The molecule has 2 atom stereocenters. The largest absolute Gasteiger partial charge is 0.480 e. The molecule has 2 saturated heterocycles. The third kappa shape index (κ3) is 6.42. The summed E-state index contributed by atoms with van der Waals surface area (Å²) in [6, 6.07) is 11.9. The first-order valence-electron chi connectivity index (χ1n) is 13.0. The molecule has 6 N–H and O–H groups in total. The number of hydrogen-bond acceptors (Lipinski definition) is 9. The Hall–Kier alpha value is -3.95. The predicted octanol–water partition coefficient (Wildman–Crippen LogP) is 3.09. The molecule has 0 unspecified atom stereocenters. The van der Waals surface area contributed by atoms with Crippen LogP contribution in [0, 0.1) is 5.41 Å². The average Bonchev–Trinajstić information content (AvgIpc) is 3.35. The van der Waals surface area contributed by atoms with Crippen LogP contribution in [0.25, 0.3) is 11.1 Å². The van der Waals surface area contributed by atoms with E-state index in [0.717, 1.165) is 0 Å². The lowest BCUT2D eigenvalue weighted by Crippen LogP contribution is -2.41. The molecular weight excluding hydrogens is 577 g/mol. The first-order chi connectivity index (χ1) is 19.7. The Kier molecular flexibility index (Phi) is 7.76. The quantitative estimate of drug-likeness (QED) is 0.313. The first kappa shape index (κ1) is 29.5. The summed E-state index contributed by atoms with van der Waals surface area (Å²) in [5.41, 5.74) is 6.66. The van der Waals surface area contributed by atoms with Gasteiger partial charge >= 0.3 is 12.1 Å². The number of carbonyl (C=O) groups is 1. The van der Waals surface area contributed by atoms with E-state index in [1.165, 1.54) is 54.6 Å². The zero-order valence-electron chi connectivity index (χ0n) is 22.2. The van der Waals surface area contributed by atoms with Crippen molar-refractivity contribution < 1.29 is 36.2 Å². The highest BCUT2D eigenvalue weighted by molar-refractivity contribution is 7.89. The molecule has 2 aliphatic rings. The molecule has 2 fully saturated rings. The molecule has 5 rings (SSSR count). The van der Waals surface area contributed by atoms with Gasteiger partial charge in [-0.25, -0.2) is 13.6 Å². The maximum absolute atomic E-state index is 14.2. The lowest BCUT2D eigenvalue weighted by Gasteiger charge is -2.39. The Morgan fingerprint density at radius 2 is 1.67 bits per heavy atom.